The Bertz CT molecular complexity index is 721. The molecule has 1 heterocycles. The molecule has 2 rings (SSSR count). The van der Waals surface area contributed by atoms with Crippen LogP contribution >= 0.6 is 15.9 Å². The lowest BCUT2D eigenvalue weighted by Gasteiger charge is -2.09. The van der Waals surface area contributed by atoms with E-state index in [1.807, 2.05) is 30.3 Å². The molecule has 0 unspecified atom stereocenters. The summed E-state index contributed by atoms with van der Waals surface area (Å²) in [4.78, 5) is 3.95. The number of nitriles is 2. The number of nitrogens with one attached hydrogen (secondary N) is 1. The Morgan fingerprint density at radius 3 is 2.76 bits per heavy atom. The molecule has 0 saturated carbocycles. The van der Waals surface area contributed by atoms with Gasteiger partial charge < -0.3 is 5.32 Å². The Morgan fingerprint density at radius 2 is 2.14 bits per heavy atom. The van der Waals surface area contributed by atoms with Gasteiger partial charge in [-0.2, -0.15) is 10.5 Å². The molecule has 0 saturated heterocycles. The molecule has 0 amide bonds. The lowest BCUT2D eigenvalue weighted by molar-refractivity contribution is 0.675. The number of imidazole rings is 1. The molecule has 1 N–H and O–H groups in total. The predicted molar refractivity (Wildman–Crippen MR) is 82.7 cm³/mol. The lowest BCUT2D eigenvalue weighted by atomic mass is 10.2. The Kier molecular flexibility index (Phi) is 5.10. The predicted octanol–water partition coefficient (Wildman–Crippen LogP) is 2.88. The van der Waals surface area contributed by atoms with E-state index in [1.165, 1.54) is 6.33 Å². The van der Waals surface area contributed by atoms with E-state index in [-0.39, 0.29) is 11.4 Å². The van der Waals surface area contributed by atoms with Crippen molar-refractivity contribution in [2.75, 3.05) is 6.54 Å². The Hall–Kier alpha value is -2.15. The number of nitrogens with zero attached hydrogens (tertiary/aromatic N) is 4. The zero-order valence-electron chi connectivity index (χ0n) is 11.6. The van der Waals surface area contributed by atoms with Crippen molar-refractivity contribution in [2.45, 2.75) is 19.9 Å². The van der Waals surface area contributed by atoms with E-state index in [0.717, 1.165) is 35.2 Å². The summed E-state index contributed by atoms with van der Waals surface area (Å²) < 4.78 is 2.47. The number of hydrogen-bond donors (Lipinski definition) is 1. The van der Waals surface area contributed by atoms with Crippen molar-refractivity contribution in [1.29, 1.82) is 10.5 Å². The number of rotatable bonds is 5. The number of halogens is 1. The average molecular weight is 344 g/mol. The molecule has 2 aromatic rings. The van der Waals surface area contributed by atoms with E-state index < -0.39 is 0 Å². The maximum absolute atomic E-state index is 9.18. The van der Waals surface area contributed by atoms with Gasteiger partial charge in [0.15, 0.2) is 11.4 Å². The van der Waals surface area contributed by atoms with Gasteiger partial charge in [0.1, 0.15) is 18.5 Å². The molecule has 0 bridgehead atoms. The molecular weight excluding hydrogens is 330 g/mol. The van der Waals surface area contributed by atoms with Gasteiger partial charge in [-0.05, 0) is 46.6 Å². The van der Waals surface area contributed by atoms with E-state index >= 15 is 0 Å². The largest absolute Gasteiger partial charge is 0.313 e. The fraction of sp³-hybridized carbons (Fsp3) is 0.267. The molecule has 5 nitrogen and oxygen atoms in total. The molecule has 0 atom stereocenters. The van der Waals surface area contributed by atoms with Gasteiger partial charge in [0.2, 0.25) is 0 Å². The Morgan fingerprint density at radius 1 is 1.33 bits per heavy atom. The summed E-state index contributed by atoms with van der Waals surface area (Å²) in [6.07, 6.45) is 2.59. The van der Waals surface area contributed by atoms with Crippen LogP contribution in [0.1, 0.15) is 30.3 Å². The minimum absolute atomic E-state index is 0.137. The summed E-state index contributed by atoms with van der Waals surface area (Å²) in [6.45, 7) is 3.90. The molecule has 0 aliphatic carbocycles. The third kappa shape index (κ3) is 3.30. The van der Waals surface area contributed by atoms with E-state index in [4.69, 9.17) is 5.26 Å². The minimum atomic E-state index is 0.137. The van der Waals surface area contributed by atoms with Crippen LogP contribution in [0, 0.1) is 22.7 Å². The van der Waals surface area contributed by atoms with Crippen LogP contribution in [-0.4, -0.2) is 16.1 Å². The minimum Gasteiger partial charge on any atom is -0.313 e. The number of hydrogen-bond acceptors (Lipinski definition) is 4. The van der Waals surface area contributed by atoms with Crippen molar-refractivity contribution >= 4 is 15.9 Å². The van der Waals surface area contributed by atoms with Gasteiger partial charge in [0.25, 0.3) is 0 Å². The molecule has 6 heteroatoms. The van der Waals surface area contributed by atoms with E-state index in [2.05, 4.69) is 33.2 Å². The zero-order chi connectivity index (χ0) is 15.2. The second kappa shape index (κ2) is 7.03. The van der Waals surface area contributed by atoms with E-state index in [9.17, 15) is 5.26 Å². The van der Waals surface area contributed by atoms with Crippen molar-refractivity contribution in [2.24, 2.45) is 0 Å². The van der Waals surface area contributed by atoms with Gasteiger partial charge in [-0.25, -0.2) is 4.98 Å². The van der Waals surface area contributed by atoms with Gasteiger partial charge in [-0.15, -0.1) is 0 Å². The fourth-order valence-corrected chi connectivity index (χ4v) is 2.60. The Labute approximate surface area is 132 Å². The monoisotopic (exact) mass is 343 g/mol. The number of benzene rings is 1. The fourth-order valence-electron chi connectivity index (χ4n) is 1.98. The third-order valence-corrected chi connectivity index (χ3v) is 3.64. The van der Waals surface area contributed by atoms with Crippen LogP contribution in [0.2, 0.25) is 0 Å². The topological polar surface area (TPSA) is 77.4 Å². The summed E-state index contributed by atoms with van der Waals surface area (Å²) in [5, 5.41) is 21.5. The standard InChI is InChI=1S/C15H14BrN5/c1-2-5-19-9-11-3-4-14(12(16)6-11)21-10-20-13(7-17)15(21)8-18/h3-4,6,10,19H,2,5,9H2,1H3. The van der Waals surface area contributed by atoms with Crippen LogP contribution in [0.25, 0.3) is 5.69 Å². The Balaban J connectivity index is 2.32. The van der Waals surface area contributed by atoms with Crippen LogP contribution < -0.4 is 5.32 Å². The first-order valence-corrected chi connectivity index (χ1v) is 7.37. The van der Waals surface area contributed by atoms with Crippen molar-refractivity contribution in [1.82, 2.24) is 14.9 Å². The van der Waals surface area contributed by atoms with Crippen LogP contribution in [0.4, 0.5) is 0 Å². The van der Waals surface area contributed by atoms with Crippen LogP contribution in [0.15, 0.2) is 29.0 Å². The summed E-state index contributed by atoms with van der Waals surface area (Å²) in [6, 6.07) is 9.86. The highest BCUT2D eigenvalue weighted by atomic mass is 79.9. The zero-order valence-corrected chi connectivity index (χ0v) is 13.2. The summed E-state index contributed by atoms with van der Waals surface area (Å²) >= 11 is 3.52. The first-order chi connectivity index (χ1) is 10.2. The molecule has 0 aliphatic heterocycles. The maximum Gasteiger partial charge on any atom is 0.177 e. The van der Waals surface area contributed by atoms with Crippen LogP contribution in [0.3, 0.4) is 0 Å². The quantitative estimate of drug-likeness (QED) is 0.846. The summed E-state index contributed by atoms with van der Waals surface area (Å²) in [5.74, 6) is 0. The molecule has 1 aromatic heterocycles. The lowest BCUT2D eigenvalue weighted by Crippen LogP contribution is -2.13. The molecule has 0 aliphatic rings. The van der Waals surface area contributed by atoms with Gasteiger partial charge in [0, 0.05) is 11.0 Å². The second-order valence-corrected chi connectivity index (χ2v) is 5.35. The molecule has 106 valence electrons. The highest BCUT2D eigenvalue weighted by Gasteiger charge is 2.13. The van der Waals surface area contributed by atoms with Crippen LogP contribution in [-0.2, 0) is 6.54 Å². The SMILES string of the molecule is CCCNCc1ccc(-n2cnc(C#N)c2C#N)c(Br)c1. The smallest absolute Gasteiger partial charge is 0.177 e. The highest BCUT2D eigenvalue weighted by Crippen LogP contribution is 2.24. The van der Waals surface area contributed by atoms with Crippen molar-refractivity contribution < 1.29 is 0 Å². The third-order valence-electron chi connectivity index (χ3n) is 3.01. The summed E-state index contributed by atoms with van der Waals surface area (Å²) in [7, 11) is 0. The number of aromatic nitrogens is 2. The molecule has 1 aromatic carbocycles. The molecule has 0 radical (unpaired) electrons. The first-order valence-electron chi connectivity index (χ1n) is 6.58. The summed E-state index contributed by atoms with van der Waals surface area (Å²) in [5.41, 5.74) is 2.33. The molecule has 21 heavy (non-hydrogen) atoms. The van der Waals surface area contributed by atoms with Crippen molar-refractivity contribution in [3.8, 4) is 17.8 Å². The van der Waals surface area contributed by atoms with E-state index in [0.29, 0.717) is 0 Å². The molecule has 0 fully saturated rings. The van der Waals surface area contributed by atoms with Gasteiger partial charge >= 0.3 is 0 Å². The normalized spacial score (nSPS) is 10.1. The molecule has 0 spiro atoms. The van der Waals surface area contributed by atoms with Crippen molar-refractivity contribution in [3.63, 3.8) is 0 Å². The van der Waals surface area contributed by atoms with Gasteiger partial charge in [-0.3, -0.25) is 4.57 Å². The second-order valence-electron chi connectivity index (χ2n) is 4.50. The van der Waals surface area contributed by atoms with Gasteiger partial charge in [0.05, 0.1) is 5.69 Å². The van der Waals surface area contributed by atoms with E-state index in [1.54, 1.807) is 4.57 Å². The van der Waals surface area contributed by atoms with Crippen LogP contribution in [0.5, 0.6) is 0 Å². The van der Waals surface area contributed by atoms with Gasteiger partial charge in [-0.1, -0.05) is 13.0 Å². The maximum atomic E-state index is 9.18. The van der Waals surface area contributed by atoms with Crippen molar-refractivity contribution in [3.05, 3.63) is 46.0 Å². The average Bonchev–Trinajstić information content (AvgIpc) is 2.90. The highest BCUT2D eigenvalue weighted by molar-refractivity contribution is 9.10. The first kappa shape index (κ1) is 15.2. The molecular formula is C15H14BrN5.